The van der Waals surface area contributed by atoms with E-state index in [0.717, 1.165) is 4.47 Å². The fourth-order valence-corrected chi connectivity index (χ4v) is 4.41. The molecule has 3 nitrogen and oxygen atoms in total. The average Bonchev–Trinajstić information content (AvgIpc) is 2.84. The number of halogens is 2. The van der Waals surface area contributed by atoms with Gasteiger partial charge >= 0.3 is 0 Å². The van der Waals surface area contributed by atoms with Gasteiger partial charge in [-0.1, -0.05) is 41.9 Å². The van der Waals surface area contributed by atoms with Crippen LogP contribution in [0.15, 0.2) is 28.7 Å². The van der Waals surface area contributed by atoms with Gasteiger partial charge in [-0.3, -0.25) is 4.79 Å². The van der Waals surface area contributed by atoms with Crippen molar-refractivity contribution in [2.45, 2.75) is 63.5 Å². The van der Waals surface area contributed by atoms with E-state index in [1.807, 2.05) is 12.1 Å². The largest absolute Gasteiger partial charge is 0.355 e. The summed E-state index contributed by atoms with van der Waals surface area (Å²) in [5.41, 5.74) is 1.18. The fraction of sp³-hybridized carbons (Fsp3) is 0.632. The van der Waals surface area contributed by atoms with Crippen LogP contribution in [0.5, 0.6) is 0 Å². The van der Waals surface area contributed by atoms with Gasteiger partial charge in [0.15, 0.2) is 0 Å². The molecule has 0 radical (unpaired) electrons. The highest BCUT2D eigenvalue weighted by atomic mass is 79.9. The maximum atomic E-state index is 12.3. The third-order valence-electron chi connectivity index (χ3n) is 5.38. The summed E-state index contributed by atoms with van der Waals surface area (Å²) in [5.74, 6) is 0.766. The van der Waals surface area contributed by atoms with E-state index >= 15 is 0 Å². The zero-order valence-electron chi connectivity index (χ0n) is 14.5. The van der Waals surface area contributed by atoms with Crippen molar-refractivity contribution in [2.75, 3.05) is 6.54 Å². The molecule has 1 aromatic rings. The van der Waals surface area contributed by atoms with Gasteiger partial charge in [-0.25, -0.2) is 0 Å². The van der Waals surface area contributed by atoms with Gasteiger partial charge in [-0.2, -0.15) is 0 Å². The lowest BCUT2D eigenvalue weighted by Crippen LogP contribution is -2.41. The molecule has 24 heavy (non-hydrogen) atoms. The number of fused-ring (bicyclic) bond motifs is 2. The van der Waals surface area contributed by atoms with E-state index in [4.69, 9.17) is 0 Å². The number of nitrogens with one attached hydrogen (secondary N) is 2. The summed E-state index contributed by atoms with van der Waals surface area (Å²) in [6, 6.07) is 9.66. The molecule has 2 heterocycles. The Kier molecular flexibility index (Phi) is 6.74. The van der Waals surface area contributed by atoms with Crippen molar-refractivity contribution in [3.8, 4) is 0 Å². The number of rotatable bonds is 5. The van der Waals surface area contributed by atoms with Crippen LogP contribution in [0.25, 0.3) is 0 Å². The predicted octanol–water partition coefficient (Wildman–Crippen LogP) is 4.19. The van der Waals surface area contributed by atoms with E-state index in [1.54, 1.807) is 0 Å². The molecule has 0 aliphatic carbocycles. The Bertz CT molecular complexity index is 566. The number of benzene rings is 1. The molecular formula is C19H28BrClN2O. The second-order valence-corrected chi connectivity index (χ2v) is 8.77. The first-order valence-electron chi connectivity index (χ1n) is 8.71. The molecule has 0 aromatic heterocycles. The molecule has 2 unspecified atom stereocenters. The minimum atomic E-state index is -0.0629. The van der Waals surface area contributed by atoms with E-state index in [9.17, 15) is 4.79 Å². The zero-order valence-corrected chi connectivity index (χ0v) is 16.9. The lowest BCUT2D eigenvalue weighted by molar-refractivity contribution is -0.122. The van der Waals surface area contributed by atoms with Crippen LogP contribution >= 0.6 is 28.3 Å². The minimum Gasteiger partial charge on any atom is -0.355 e. The van der Waals surface area contributed by atoms with E-state index < -0.39 is 0 Å². The first-order chi connectivity index (χ1) is 10.9. The van der Waals surface area contributed by atoms with Crippen LogP contribution in [-0.2, 0) is 10.2 Å². The van der Waals surface area contributed by atoms with E-state index in [2.05, 4.69) is 52.5 Å². The maximum absolute atomic E-state index is 12.3. The molecule has 2 aliphatic rings. The predicted molar refractivity (Wildman–Crippen MR) is 105 cm³/mol. The van der Waals surface area contributed by atoms with Gasteiger partial charge in [0.1, 0.15) is 0 Å². The molecule has 2 bridgehead atoms. The molecule has 2 fully saturated rings. The van der Waals surface area contributed by atoms with Crippen molar-refractivity contribution in [3.63, 3.8) is 0 Å². The number of carbonyl (C=O) groups is 1. The van der Waals surface area contributed by atoms with Crippen molar-refractivity contribution in [2.24, 2.45) is 5.92 Å². The molecule has 3 rings (SSSR count). The van der Waals surface area contributed by atoms with Crippen LogP contribution in [-0.4, -0.2) is 24.5 Å². The lowest BCUT2D eigenvalue weighted by atomic mass is 9.84. The molecule has 5 heteroatoms. The van der Waals surface area contributed by atoms with Crippen molar-refractivity contribution >= 4 is 34.2 Å². The van der Waals surface area contributed by atoms with Gasteiger partial charge in [0.05, 0.1) is 0 Å². The number of carbonyl (C=O) groups excluding carboxylic acids is 1. The van der Waals surface area contributed by atoms with Crippen molar-refractivity contribution in [1.29, 1.82) is 0 Å². The second-order valence-electron chi connectivity index (χ2n) is 7.85. The summed E-state index contributed by atoms with van der Waals surface area (Å²) < 4.78 is 1.08. The summed E-state index contributed by atoms with van der Waals surface area (Å²) in [4.78, 5) is 12.3. The zero-order chi connectivity index (χ0) is 16.4. The normalized spacial score (nSPS) is 25.9. The van der Waals surface area contributed by atoms with Crippen molar-refractivity contribution in [1.82, 2.24) is 10.6 Å². The summed E-state index contributed by atoms with van der Waals surface area (Å²) in [7, 11) is 0. The first-order valence-corrected chi connectivity index (χ1v) is 9.50. The molecule has 0 spiro atoms. The number of hydrogen-bond acceptors (Lipinski definition) is 2. The Morgan fingerprint density at radius 3 is 2.58 bits per heavy atom. The third kappa shape index (κ3) is 4.96. The quantitative estimate of drug-likeness (QED) is 0.757. The molecule has 1 aromatic carbocycles. The Labute approximate surface area is 159 Å². The summed E-state index contributed by atoms with van der Waals surface area (Å²) in [6.07, 6.45) is 5.60. The standard InChI is InChI=1S/C19H27BrN2O.ClH/c1-19(2,14-4-3-5-15(20)11-14)12-21-18(23)10-13-8-16-6-7-17(9-13)22-16;/h3-5,11,13,16-17,22H,6-10,12H2,1-2H3,(H,21,23);1H. The Morgan fingerprint density at radius 2 is 1.96 bits per heavy atom. The average molecular weight is 416 g/mol. The molecule has 2 N–H and O–H groups in total. The maximum Gasteiger partial charge on any atom is 0.220 e. The highest BCUT2D eigenvalue weighted by Crippen LogP contribution is 2.32. The number of hydrogen-bond donors (Lipinski definition) is 2. The molecule has 2 aliphatic heterocycles. The van der Waals surface area contributed by atoms with E-state index in [-0.39, 0.29) is 23.7 Å². The highest BCUT2D eigenvalue weighted by molar-refractivity contribution is 9.10. The number of amides is 1. The lowest BCUT2D eigenvalue weighted by Gasteiger charge is -2.30. The van der Waals surface area contributed by atoms with Crippen LogP contribution in [0, 0.1) is 5.92 Å². The Balaban J connectivity index is 0.00000208. The molecule has 134 valence electrons. The SMILES string of the molecule is CC(C)(CNC(=O)CC1CC2CCC(C1)N2)c1cccc(Br)c1.Cl. The summed E-state index contributed by atoms with van der Waals surface area (Å²) in [6.45, 7) is 5.04. The van der Waals surface area contributed by atoms with Crippen LogP contribution in [0.1, 0.15) is 51.5 Å². The van der Waals surface area contributed by atoms with Crippen LogP contribution in [0.4, 0.5) is 0 Å². The Morgan fingerprint density at radius 1 is 1.29 bits per heavy atom. The van der Waals surface area contributed by atoms with Crippen molar-refractivity contribution < 1.29 is 4.79 Å². The van der Waals surface area contributed by atoms with Gasteiger partial charge in [-0.15, -0.1) is 12.4 Å². The van der Waals surface area contributed by atoms with Gasteiger partial charge in [0.25, 0.3) is 0 Å². The molecular weight excluding hydrogens is 388 g/mol. The molecule has 1 amide bonds. The third-order valence-corrected chi connectivity index (χ3v) is 5.87. The monoisotopic (exact) mass is 414 g/mol. The van der Waals surface area contributed by atoms with Gasteiger partial charge < -0.3 is 10.6 Å². The van der Waals surface area contributed by atoms with Gasteiger partial charge in [-0.05, 0) is 49.3 Å². The molecule has 2 atom stereocenters. The van der Waals surface area contributed by atoms with Crippen LogP contribution in [0.3, 0.4) is 0 Å². The van der Waals surface area contributed by atoms with Crippen molar-refractivity contribution in [3.05, 3.63) is 34.3 Å². The van der Waals surface area contributed by atoms with Crippen LogP contribution < -0.4 is 10.6 Å². The smallest absolute Gasteiger partial charge is 0.220 e. The second kappa shape index (κ2) is 8.20. The van der Waals surface area contributed by atoms with Gasteiger partial charge in [0, 0.05) is 34.9 Å². The van der Waals surface area contributed by atoms with E-state index in [0.29, 0.717) is 31.0 Å². The number of piperidine rings is 1. The van der Waals surface area contributed by atoms with Gasteiger partial charge in [0.2, 0.25) is 5.91 Å². The minimum absolute atomic E-state index is 0. The topological polar surface area (TPSA) is 41.1 Å². The van der Waals surface area contributed by atoms with Crippen LogP contribution in [0.2, 0.25) is 0 Å². The molecule has 2 saturated heterocycles. The van der Waals surface area contributed by atoms with E-state index in [1.165, 1.54) is 31.2 Å². The Hall–Kier alpha value is -0.580. The fourth-order valence-electron chi connectivity index (χ4n) is 4.01. The summed E-state index contributed by atoms with van der Waals surface area (Å²) in [5, 5.41) is 6.80. The summed E-state index contributed by atoms with van der Waals surface area (Å²) >= 11 is 3.52. The highest BCUT2D eigenvalue weighted by Gasteiger charge is 2.34. The first kappa shape index (κ1) is 19.7. The molecule has 0 saturated carbocycles.